The van der Waals surface area contributed by atoms with Crippen LogP contribution in [-0.4, -0.2) is 78.9 Å². The number of aromatic nitrogens is 2. The van der Waals surface area contributed by atoms with Gasteiger partial charge in [0.1, 0.15) is 4.90 Å². The molecule has 2 fully saturated rings. The summed E-state index contributed by atoms with van der Waals surface area (Å²) >= 11 is 0. The lowest BCUT2D eigenvalue weighted by Crippen LogP contribution is -2.52. The number of nitrogens with one attached hydrogen (secondary N) is 1. The summed E-state index contributed by atoms with van der Waals surface area (Å²) in [6.07, 6.45) is 6.54. The SMILES string of the molecule is O=C(NCc1ccc(S(=O)(=O)N2CCN(C3CCOCC3)CC2)cn1)c1cc2ccncc2o1. The van der Waals surface area contributed by atoms with Crippen molar-refractivity contribution in [1.29, 1.82) is 0 Å². The fourth-order valence-electron chi connectivity index (χ4n) is 4.43. The van der Waals surface area contributed by atoms with Gasteiger partial charge < -0.3 is 14.5 Å². The minimum Gasteiger partial charge on any atom is -0.449 e. The first-order chi connectivity index (χ1) is 16.5. The van der Waals surface area contributed by atoms with Crippen LogP contribution in [0.3, 0.4) is 0 Å². The van der Waals surface area contributed by atoms with Crippen molar-refractivity contribution in [3.8, 4) is 0 Å². The first-order valence-corrected chi connectivity index (χ1v) is 12.8. The van der Waals surface area contributed by atoms with Crippen molar-refractivity contribution in [3.63, 3.8) is 0 Å². The van der Waals surface area contributed by atoms with E-state index in [1.54, 1.807) is 36.7 Å². The summed E-state index contributed by atoms with van der Waals surface area (Å²) < 4.78 is 38.6. The summed E-state index contributed by atoms with van der Waals surface area (Å²) in [5.74, 6) is -0.195. The first-order valence-electron chi connectivity index (χ1n) is 11.4. The van der Waals surface area contributed by atoms with Crippen molar-refractivity contribution >= 4 is 26.9 Å². The van der Waals surface area contributed by atoms with Crippen LogP contribution in [0, 0.1) is 0 Å². The number of sulfonamides is 1. The molecule has 34 heavy (non-hydrogen) atoms. The minimum absolute atomic E-state index is 0.151. The molecule has 0 aromatic carbocycles. The van der Waals surface area contributed by atoms with E-state index in [-0.39, 0.29) is 23.1 Å². The number of piperazine rings is 1. The number of ether oxygens (including phenoxy) is 1. The summed E-state index contributed by atoms with van der Waals surface area (Å²) in [6.45, 7) is 4.07. The molecule has 3 aromatic heterocycles. The number of amides is 1. The van der Waals surface area contributed by atoms with Crippen molar-refractivity contribution < 1.29 is 22.4 Å². The third-order valence-corrected chi connectivity index (χ3v) is 8.27. The Balaban J connectivity index is 1.16. The van der Waals surface area contributed by atoms with Gasteiger partial charge in [-0.25, -0.2) is 8.42 Å². The van der Waals surface area contributed by atoms with E-state index in [0.717, 1.165) is 44.5 Å². The van der Waals surface area contributed by atoms with Crippen LogP contribution < -0.4 is 5.32 Å². The molecule has 11 heteroatoms. The number of carbonyl (C=O) groups excluding carboxylic acids is 1. The highest BCUT2D eigenvalue weighted by Crippen LogP contribution is 2.21. The average Bonchev–Trinajstić information content (AvgIpc) is 3.33. The Morgan fingerprint density at radius 2 is 1.88 bits per heavy atom. The maximum atomic E-state index is 13.1. The van der Waals surface area contributed by atoms with Gasteiger partial charge in [-0.3, -0.25) is 19.7 Å². The van der Waals surface area contributed by atoms with Gasteiger partial charge in [-0.2, -0.15) is 4.31 Å². The van der Waals surface area contributed by atoms with Crippen molar-refractivity contribution in [2.75, 3.05) is 39.4 Å². The molecule has 2 aliphatic rings. The number of carbonyl (C=O) groups is 1. The number of nitrogens with zero attached hydrogens (tertiary/aromatic N) is 4. The van der Waals surface area contributed by atoms with E-state index in [0.29, 0.717) is 30.4 Å². The second-order valence-electron chi connectivity index (χ2n) is 8.48. The summed E-state index contributed by atoms with van der Waals surface area (Å²) in [6, 6.07) is 7.06. The Morgan fingerprint density at radius 3 is 2.59 bits per heavy atom. The molecule has 5 heterocycles. The average molecular weight is 486 g/mol. The fourth-order valence-corrected chi connectivity index (χ4v) is 5.80. The molecule has 0 saturated carbocycles. The van der Waals surface area contributed by atoms with E-state index < -0.39 is 10.0 Å². The Kier molecular flexibility index (Phi) is 6.59. The number of hydrogen-bond donors (Lipinski definition) is 1. The predicted octanol–water partition coefficient (Wildman–Crippen LogP) is 1.64. The van der Waals surface area contributed by atoms with E-state index >= 15 is 0 Å². The molecule has 0 spiro atoms. The molecule has 3 aromatic rings. The van der Waals surface area contributed by atoms with Crippen molar-refractivity contribution in [2.45, 2.75) is 30.3 Å². The maximum absolute atomic E-state index is 13.1. The van der Waals surface area contributed by atoms with E-state index in [4.69, 9.17) is 9.15 Å². The molecule has 0 unspecified atom stereocenters. The molecule has 1 N–H and O–H groups in total. The van der Waals surface area contributed by atoms with E-state index in [9.17, 15) is 13.2 Å². The molecule has 0 aliphatic carbocycles. The maximum Gasteiger partial charge on any atom is 0.287 e. The molecule has 5 rings (SSSR count). The molecule has 10 nitrogen and oxygen atoms in total. The van der Waals surface area contributed by atoms with E-state index in [2.05, 4.69) is 20.2 Å². The van der Waals surface area contributed by atoms with Crippen molar-refractivity contribution in [2.24, 2.45) is 0 Å². The Labute approximate surface area is 198 Å². The normalized spacial score (nSPS) is 18.8. The van der Waals surface area contributed by atoms with Crippen LogP contribution in [0.1, 0.15) is 29.1 Å². The summed E-state index contributed by atoms with van der Waals surface area (Å²) in [5, 5.41) is 3.54. The molecule has 0 radical (unpaired) electrons. The van der Waals surface area contributed by atoms with Crippen LogP contribution in [0.4, 0.5) is 0 Å². The second-order valence-corrected chi connectivity index (χ2v) is 10.4. The van der Waals surface area contributed by atoms with Gasteiger partial charge in [0.15, 0.2) is 11.3 Å². The van der Waals surface area contributed by atoms with Crippen molar-refractivity contribution in [3.05, 3.63) is 54.3 Å². The number of pyridine rings is 2. The molecule has 180 valence electrons. The second kappa shape index (κ2) is 9.79. The molecule has 2 aliphatic heterocycles. The third-order valence-electron chi connectivity index (χ3n) is 6.39. The van der Waals surface area contributed by atoms with E-state index in [1.165, 1.54) is 10.5 Å². The molecular weight excluding hydrogens is 458 g/mol. The van der Waals surface area contributed by atoms with Gasteiger partial charge in [-0.05, 0) is 37.1 Å². The zero-order valence-electron chi connectivity index (χ0n) is 18.7. The number of furan rings is 1. The van der Waals surface area contributed by atoms with Gasteiger partial charge in [0, 0.05) is 63.2 Å². The van der Waals surface area contributed by atoms with Crippen LogP contribution >= 0.6 is 0 Å². The lowest BCUT2D eigenvalue weighted by Gasteiger charge is -2.40. The minimum atomic E-state index is -3.61. The molecule has 1 amide bonds. The van der Waals surface area contributed by atoms with Crippen LogP contribution in [0.25, 0.3) is 11.0 Å². The Morgan fingerprint density at radius 1 is 1.09 bits per heavy atom. The van der Waals surface area contributed by atoms with Gasteiger partial charge in [0.05, 0.1) is 18.4 Å². The lowest BCUT2D eigenvalue weighted by molar-refractivity contribution is 0.0229. The zero-order chi connectivity index (χ0) is 23.5. The summed E-state index contributed by atoms with van der Waals surface area (Å²) in [7, 11) is -3.61. The highest BCUT2D eigenvalue weighted by molar-refractivity contribution is 7.89. The quantitative estimate of drug-likeness (QED) is 0.560. The van der Waals surface area contributed by atoms with E-state index in [1.807, 2.05) is 0 Å². The molecule has 2 saturated heterocycles. The van der Waals surface area contributed by atoms with Gasteiger partial charge in [-0.1, -0.05) is 0 Å². The monoisotopic (exact) mass is 485 g/mol. The smallest absolute Gasteiger partial charge is 0.287 e. The molecule has 0 atom stereocenters. The van der Waals surface area contributed by atoms with Crippen LogP contribution in [0.15, 0.2) is 52.2 Å². The highest BCUT2D eigenvalue weighted by Gasteiger charge is 2.31. The summed E-state index contributed by atoms with van der Waals surface area (Å²) in [4.78, 5) is 23.1. The number of hydrogen-bond acceptors (Lipinski definition) is 8. The van der Waals surface area contributed by atoms with Gasteiger partial charge >= 0.3 is 0 Å². The van der Waals surface area contributed by atoms with Crippen molar-refractivity contribution in [1.82, 2.24) is 24.5 Å². The number of fused-ring (bicyclic) bond motifs is 1. The lowest BCUT2D eigenvalue weighted by atomic mass is 10.1. The summed E-state index contributed by atoms with van der Waals surface area (Å²) in [5.41, 5.74) is 1.09. The van der Waals surface area contributed by atoms with Crippen LogP contribution in [0.5, 0.6) is 0 Å². The third kappa shape index (κ3) is 4.83. The van der Waals surface area contributed by atoms with Gasteiger partial charge in [0.25, 0.3) is 5.91 Å². The largest absolute Gasteiger partial charge is 0.449 e. The van der Waals surface area contributed by atoms with Crippen LogP contribution in [0.2, 0.25) is 0 Å². The number of rotatable bonds is 6. The molecular formula is C23H27N5O5S. The standard InChI is InChI=1S/C23H27N5O5S/c29-23(21-13-17-3-6-24-16-22(17)33-21)26-14-18-1-2-20(15-25-18)34(30,31)28-9-7-27(8-10-28)19-4-11-32-12-5-19/h1-3,6,13,15-16,19H,4-5,7-12,14H2,(H,26,29). The Hall–Kier alpha value is -2.86. The van der Waals surface area contributed by atoms with Gasteiger partial charge in [0.2, 0.25) is 10.0 Å². The van der Waals surface area contributed by atoms with Gasteiger partial charge in [-0.15, -0.1) is 0 Å². The highest BCUT2D eigenvalue weighted by atomic mass is 32.2. The predicted molar refractivity (Wildman–Crippen MR) is 124 cm³/mol. The van der Waals surface area contributed by atoms with Crippen LogP contribution in [-0.2, 0) is 21.3 Å². The zero-order valence-corrected chi connectivity index (χ0v) is 19.5. The molecule has 0 bridgehead atoms. The fraction of sp³-hybridized carbons (Fsp3) is 0.435. The first kappa shape index (κ1) is 22.9. The Bertz CT molecular complexity index is 1210. The topological polar surface area (TPSA) is 118 Å².